The number of hydrogen-bond acceptors (Lipinski definition) is 3. The molecule has 0 unspecified atom stereocenters. The van der Waals surface area contributed by atoms with Crippen LogP contribution in [0.1, 0.15) is 42.9 Å². The van der Waals surface area contributed by atoms with Gasteiger partial charge in [0.1, 0.15) is 0 Å². The van der Waals surface area contributed by atoms with Crippen LogP contribution < -0.4 is 0 Å². The van der Waals surface area contributed by atoms with Crippen LogP contribution in [0.2, 0.25) is 0 Å². The van der Waals surface area contributed by atoms with Gasteiger partial charge in [-0.3, -0.25) is 9.78 Å². The number of nitrogens with zero attached hydrogens (tertiary/aromatic N) is 1. The van der Waals surface area contributed by atoms with Crippen LogP contribution in [0.4, 0.5) is 0 Å². The van der Waals surface area contributed by atoms with Crippen LogP contribution in [-0.2, 0) is 9.53 Å². The van der Waals surface area contributed by atoms with Crippen LogP contribution in [0, 0.1) is 0 Å². The van der Waals surface area contributed by atoms with Crippen molar-refractivity contribution in [3.8, 4) is 0 Å². The summed E-state index contributed by atoms with van der Waals surface area (Å²) >= 11 is 0. The number of carbonyl (C=O) groups excluding carboxylic acids is 1. The maximum atomic E-state index is 11.8. The third-order valence-electron chi connectivity index (χ3n) is 3.69. The lowest BCUT2D eigenvalue weighted by Gasteiger charge is -2.00. The average Bonchev–Trinajstić information content (AvgIpc) is 2.66. The topological polar surface area (TPSA) is 39.2 Å². The van der Waals surface area contributed by atoms with Crippen molar-refractivity contribution in [2.75, 3.05) is 13.2 Å². The van der Waals surface area contributed by atoms with Gasteiger partial charge in [-0.25, -0.2) is 0 Å². The second-order valence-electron chi connectivity index (χ2n) is 5.80. The predicted molar refractivity (Wildman–Crippen MR) is 104 cm³/mol. The van der Waals surface area contributed by atoms with E-state index in [0.29, 0.717) is 13.0 Å². The quantitative estimate of drug-likeness (QED) is 0.451. The summed E-state index contributed by atoms with van der Waals surface area (Å²) in [5, 5.41) is 0. The summed E-state index contributed by atoms with van der Waals surface area (Å²) in [6, 6.07) is 12.0. The van der Waals surface area contributed by atoms with Crippen molar-refractivity contribution >= 4 is 24.0 Å². The number of ether oxygens (including phenoxy) is 1. The number of rotatable bonds is 10. The molecule has 25 heavy (non-hydrogen) atoms. The van der Waals surface area contributed by atoms with Crippen LogP contribution in [0.3, 0.4) is 0 Å². The Labute approximate surface area is 150 Å². The Kier molecular flexibility index (Phi) is 8.36. The molecule has 0 aliphatic rings. The number of hydrogen-bond donors (Lipinski definition) is 0. The van der Waals surface area contributed by atoms with E-state index >= 15 is 0 Å². The molecule has 1 aromatic heterocycles. The minimum absolute atomic E-state index is 0.0945. The zero-order valence-electron chi connectivity index (χ0n) is 14.7. The highest BCUT2D eigenvalue weighted by Crippen LogP contribution is 2.10. The van der Waals surface area contributed by atoms with Gasteiger partial charge in [0.25, 0.3) is 0 Å². The van der Waals surface area contributed by atoms with Gasteiger partial charge in [0, 0.05) is 25.4 Å². The van der Waals surface area contributed by atoms with Gasteiger partial charge in [-0.2, -0.15) is 0 Å². The molecule has 2 rings (SSSR count). The molecule has 0 saturated carbocycles. The van der Waals surface area contributed by atoms with Crippen molar-refractivity contribution in [2.24, 2.45) is 0 Å². The summed E-state index contributed by atoms with van der Waals surface area (Å²) in [5.74, 6) is 0.0945. The fourth-order valence-electron chi connectivity index (χ4n) is 2.18. The molecular formula is C22H25NO2. The molecule has 2 aromatic rings. The molecular weight excluding hydrogens is 310 g/mol. The Morgan fingerprint density at radius 3 is 2.40 bits per heavy atom. The number of benzene rings is 1. The van der Waals surface area contributed by atoms with Crippen molar-refractivity contribution in [3.05, 3.63) is 71.6 Å². The second kappa shape index (κ2) is 11.1. The molecule has 1 heterocycles. The third kappa shape index (κ3) is 7.73. The van der Waals surface area contributed by atoms with Crippen molar-refractivity contribution < 1.29 is 9.53 Å². The smallest absolute Gasteiger partial charge is 0.158 e. The monoisotopic (exact) mass is 335 g/mol. The molecule has 0 aliphatic heterocycles. The molecule has 0 saturated heterocycles. The van der Waals surface area contributed by atoms with Crippen LogP contribution in [0.25, 0.3) is 18.2 Å². The Balaban J connectivity index is 1.79. The van der Waals surface area contributed by atoms with Gasteiger partial charge in [-0.15, -0.1) is 0 Å². The first kappa shape index (κ1) is 18.8. The fourth-order valence-corrected chi connectivity index (χ4v) is 2.18. The molecule has 0 aliphatic carbocycles. The number of pyridine rings is 1. The van der Waals surface area contributed by atoms with Gasteiger partial charge in [0.05, 0.1) is 6.61 Å². The van der Waals surface area contributed by atoms with Crippen LogP contribution in [0.5, 0.6) is 0 Å². The Bertz CT molecular complexity index is 688. The lowest BCUT2D eigenvalue weighted by Crippen LogP contribution is -2.02. The van der Waals surface area contributed by atoms with Gasteiger partial charge in [0.2, 0.25) is 0 Å². The molecule has 0 N–H and O–H groups in total. The summed E-state index contributed by atoms with van der Waals surface area (Å²) < 4.78 is 5.41. The van der Waals surface area contributed by atoms with Gasteiger partial charge in [0.15, 0.2) is 5.78 Å². The second-order valence-corrected chi connectivity index (χ2v) is 5.80. The summed E-state index contributed by atoms with van der Waals surface area (Å²) in [5.41, 5.74) is 3.19. The van der Waals surface area contributed by atoms with E-state index in [-0.39, 0.29) is 5.78 Å². The molecule has 130 valence electrons. The number of aromatic nitrogens is 1. The van der Waals surface area contributed by atoms with Gasteiger partial charge in [-0.1, -0.05) is 61.9 Å². The van der Waals surface area contributed by atoms with E-state index in [1.807, 2.05) is 60.8 Å². The van der Waals surface area contributed by atoms with E-state index in [0.717, 1.165) is 36.1 Å². The highest BCUT2D eigenvalue weighted by atomic mass is 16.5. The molecule has 0 spiro atoms. The summed E-state index contributed by atoms with van der Waals surface area (Å²) in [7, 11) is 0. The van der Waals surface area contributed by atoms with Crippen LogP contribution in [-0.4, -0.2) is 24.0 Å². The van der Waals surface area contributed by atoms with Crippen molar-refractivity contribution in [1.82, 2.24) is 4.98 Å². The average molecular weight is 335 g/mol. The molecule has 1 aromatic carbocycles. The van der Waals surface area contributed by atoms with Crippen molar-refractivity contribution in [2.45, 2.75) is 26.2 Å². The van der Waals surface area contributed by atoms with Gasteiger partial charge in [-0.05, 0) is 35.3 Å². The number of unbranched alkanes of at least 4 members (excludes halogenated alkanes) is 1. The first-order chi connectivity index (χ1) is 12.3. The normalized spacial score (nSPS) is 11.4. The largest absolute Gasteiger partial charge is 0.381 e. The van der Waals surface area contributed by atoms with E-state index in [9.17, 15) is 4.79 Å². The lowest BCUT2D eigenvalue weighted by molar-refractivity contribution is -0.115. The third-order valence-corrected chi connectivity index (χ3v) is 3.69. The minimum atomic E-state index is 0.0945. The first-order valence-electron chi connectivity index (χ1n) is 8.75. The molecule has 0 atom stereocenters. The maximum absolute atomic E-state index is 11.8. The van der Waals surface area contributed by atoms with E-state index in [2.05, 4.69) is 11.9 Å². The van der Waals surface area contributed by atoms with Crippen molar-refractivity contribution in [3.63, 3.8) is 0 Å². The molecule has 0 amide bonds. The zero-order chi connectivity index (χ0) is 17.7. The Hall–Kier alpha value is -2.52. The van der Waals surface area contributed by atoms with E-state index < -0.39 is 0 Å². The van der Waals surface area contributed by atoms with E-state index in [1.54, 1.807) is 12.3 Å². The molecule has 0 fully saturated rings. The number of ketones is 1. The standard InChI is InChI=1S/C22H25NO2/c1-2-3-16-25-17-14-22(24)13-12-20-8-6-19(7-9-20)10-11-21-5-4-15-23-18-21/h4-13,15,18H,2-3,14,16-17H2,1H3/b11-10+,13-12+. The lowest BCUT2D eigenvalue weighted by atomic mass is 10.1. The molecule has 3 heteroatoms. The summed E-state index contributed by atoms with van der Waals surface area (Å²) in [4.78, 5) is 15.9. The predicted octanol–water partition coefficient (Wildman–Crippen LogP) is 5.04. The molecule has 3 nitrogen and oxygen atoms in total. The summed E-state index contributed by atoms with van der Waals surface area (Å²) in [6.45, 7) is 3.36. The van der Waals surface area contributed by atoms with Crippen molar-refractivity contribution in [1.29, 1.82) is 0 Å². The first-order valence-corrected chi connectivity index (χ1v) is 8.75. The van der Waals surface area contributed by atoms with Crippen LogP contribution in [0.15, 0.2) is 54.9 Å². The molecule has 0 radical (unpaired) electrons. The van der Waals surface area contributed by atoms with Crippen LogP contribution >= 0.6 is 0 Å². The SMILES string of the molecule is CCCCOCCC(=O)/C=C/c1ccc(/C=C/c2cccnc2)cc1. The summed E-state index contributed by atoms with van der Waals surface area (Å²) in [6.07, 6.45) is 13.7. The Morgan fingerprint density at radius 2 is 1.72 bits per heavy atom. The van der Waals surface area contributed by atoms with Gasteiger partial charge < -0.3 is 4.74 Å². The van der Waals surface area contributed by atoms with E-state index in [1.165, 1.54) is 0 Å². The number of carbonyl (C=O) groups is 1. The Morgan fingerprint density at radius 1 is 1.00 bits per heavy atom. The molecule has 0 bridgehead atoms. The van der Waals surface area contributed by atoms with E-state index in [4.69, 9.17) is 4.74 Å². The fraction of sp³-hybridized carbons (Fsp3) is 0.273. The number of allylic oxidation sites excluding steroid dienone is 1. The highest BCUT2D eigenvalue weighted by molar-refractivity contribution is 5.93. The highest BCUT2D eigenvalue weighted by Gasteiger charge is 1.97. The van der Waals surface area contributed by atoms with Gasteiger partial charge >= 0.3 is 0 Å². The zero-order valence-corrected chi connectivity index (χ0v) is 14.7. The minimum Gasteiger partial charge on any atom is -0.381 e. The maximum Gasteiger partial charge on any atom is 0.158 e.